The summed E-state index contributed by atoms with van der Waals surface area (Å²) in [4.78, 5) is 0. The molecule has 0 saturated carbocycles. The normalized spacial score (nSPS) is 13.4. The van der Waals surface area contributed by atoms with E-state index in [4.69, 9.17) is 0 Å². The van der Waals surface area contributed by atoms with Crippen LogP contribution in [0.4, 0.5) is 13.2 Å². The van der Waals surface area contributed by atoms with Gasteiger partial charge in [-0.05, 0) is 6.07 Å². The third kappa shape index (κ3) is 2.23. The summed E-state index contributed by atoms with van der Waals surface area (Å²) in [6.07, 6.45) is -3.48. The minimum absolute atomic E-state index is 0.0214. The summed E-state index contributed by atoms with van der Waals surface area (Å²) < 4.78 is 36.3. The molecule has 74 valence electrons. The summed E-state index contributed by atoms with van der Waals surface area (Å²) >= 11 is 0. The van der Waals surface area contributed by atoms with Gasteiger partial charge in [-0.1, -0.05) is 20.8 Å². The van der Waals surface area contributed by atoms with E-state index in [1.165, 1.54) is 6.07 Å². The summed E-state index contributed by atoms with van der Waals surface area (Å²) in [5.41, 5.74) is 0.0843. The topological polar surface area (TPSA) is 17.8 Å². The van der Waals surface area contributed by atoms with Gasteiger partial charge in [0.05, 0.1) is 5.69 Å². The Balaban J connectivity index is 3.01. The SMILES string of the molecule is CC(C)(C)c1ccn(C(F)(F)F)n1. The van der Waals surface area contributed by atoms with Gasteiger partial charge in [0, 0.05) is 11.6 Å². The molecule has 0 aliphatic rings. The number of nitrogens with zero attached hydrogens (tertiary/aromatic N) is 2. The molecule has 0 aliphatic heterocycles. The highest BCUT2D eigenvalue weighted by atomic mass is 19.4. The summed E-state index contributed by atoms with van der Waals surface area (Å²) in [5.74, 6) is 0. The molecule has 13 heavy (non-hydrogen) atoms. The summed E-state index contributed by atoms with van der Waals surface area (Å²) in [6.45, 7) is 5.45. The minimum atomic E-state index is -4.41. The van der Waals surface area contributed by atoms with Crippen molar-refractivity contribution in [1.82, 2.24) is 9.78 Å². The number of rotatable bonds is 0. The second kappa shape index (κ2) is 2.75. The van der Waals surface area contributed by atoms with E-state index in [0.717, 1.165) is 6.20 Å². The molecule has 2 nitrogen and oxygen atoms in total. The van der Waals surface area contributed by atoms with Crippen LogP contribution in [-0.4, -0.2) is 9.78 Å². The van der Waals surface area contributed by atoms with Gasteiger partial charge in [0.2, 0.25) is 0 Å². The molecule has 0 aliphatic carbocycles. The molecule has 0 bridgehead atoms. The summed E-state index contributed by atoms with van der Waals surface area (Å²) in [7, 11) is 0. The first-order chi connectivity index (χ1) is 5.71. The van der Waals surface area contributed by atoms with Crippen LogP contribution < -0.4 is 0 Å². The van der Waals surface area contributed by atoms with Crippen molar-refractivity contribution in [3.8, 4) is 0 Å². The molecule has 1 heterocycles. The molecular formula is C8H11F3N2. The quantitative estimate of drug-likeness (QED) is 0.617. The fourth-order valence-electron chi connectivity index (χ4n) is 0.865. The van der Waals surface area contributed by atoms with Crippen LogP contribution in [0, 0.1) is 0 Å². The van der Waals surface area contributed by atoms with Crippen molar-refractivity contribution in [2.45, 2.75) is 32.5 Å². The molecule has 1 aromatic heterocycles. The second-order valence-corrected chi connectivity index (χ2v) is 3.86. The van der Waals surface area contributed by atoms with E-state index in [1.807, 2.05) is 20.8 Å². The lowest BCUT2D eigenvalue weighted by Crippen LogP contribution is -2.19. The zero-order chi connectivity index (χ0) is 10.3. The second-order valence-electron chi connectivity index (χ2n) is 3.86. The third-order valence-electron chi connectivity index (χ3n) is 1.62. The van der Waals surface area contributed by atoms with E-state index in [0.29, 0.717) is 5.69 Å². The number of hydrogen-bond donors (Lipinski definition) is 0. The molecule has 0 radical (unpaired) electrons. The first-order valence-electron chi connectivity index (χ1n) is 3.84. The van der Waals surface area contributed by atoms with Gasteiger partial charge < -0.3 is 0 Å². The van der Waals surface area contributed by atoms with Gasteiger partial charge in [-0.25, -0.2) is 0 Å². The van der Waals surface area contributed by atoms with Crippen LogP contribution in [0.15, 0.2) is 12.3 Å². The van der Waals surface area contributed by atoms with E-state index in [2.05, 4.69) is 5.10 Å². The Morgan fingerprint density at radius 1 is 1.23 bits per heavy atom. The van der Waals surface area contributed by atoms with Crippen LogP contribution in [-0.2, 0) is 11.7 Å². The van der Waals surface area contributed by atoms with Crippen LogP contribution in [0.5, 0.6) is 0 Å². The fraction of sp³-hybridized carbons (Fsp3) is 0.625. The first-order valence-corrected chi connectivity index (χ1v) is 3.84. The summed E-state index contributed by atoms with van der Waals surface area (Å²) in [6, 6.07) is 1.38. The lowest BCUT2D eigenvalue weighted by Gasteiger charge is -2.14. The highest BCUT2D eigenvalue weighted by Gasteiger charge is 2.32. The van der Waals surface area contributed by atoms with E-state index in [1.54, 1.807) is 0 Å². The molecule has 1 aromatic rings. The molecule has 0 saturated heterocycles. The molecule has 0 unspecified atom stereocenters. The summed E-state index contributed by atoms with van der Waals surface area (Å²) in [5, 5.41) is 3.44. The standard InChI is InChI=1S/C8H11F3N2/c1-7(2,3)6-4-5-13(12-6)8(9,10)11/h4-5H,1-3H3. The average molecular weight is 192 g/mol. The molecular weight excluding hydrogens is 181 g/mol. The number of aromatic nitrogens is 2. The van der Waals surface area contributed by atoms with Gasteiger partial charge >= 0.3 is 6.30 Å². The van der Waals surface area contributed by atoms with Crippen LogP contribution >= 0.6 is 0 Å². The van der Waals surface area contributed by atoms with Gasteiger partial charge in [0.1, 0.15) is 0 Å². The highest BCUT2D eigenvalue weighted by Crippen LogP contribution is 2.25. The molecule has 0 amide bonds. The van der Waals surface area contributed by atoms with Gasteiger partial charge in [0.25, 0.3) is 0 Å². The maximum Gasteiger partial charge on any atom is 0.504 e. The van der Waals surface area contributed by atoms with Crippen molar-refractivity contribution in [3.63, 3.8) is 0 Å². The Kier molecular flexibility index (Phi) is 2.13. The van der Waals surface area contributed by atoms with Gasteiger partial charge in [0.15, 0.2) is 0 Å². The molecule has 0 spiro atoms. The van der Waals surface area contributed by atoms with E-state index in [9.17, 15) is 13.2 Å². The zero-order valence-corrected chi connectivity index (χ0v) is 7.68. The Morgan fingerprint density at radius 2 is 1.77 bits per heavy atom. The van der Waals surface area contributed by atoms with Crippen molar-refractivity contribution in [2.75, 3.05) is 0 Å². The van der Waals surface area contributed by atoms with E-state index in [-0.39, 0.29) is 10.1 Å². The van der Waals surface area contributed by atoms with Crippen molar-refractivity contribution in [1.29, 1.82) is 0 Å². The Bertz CT molecular complexity index is 265. The Morgan fingerprint density at radius 3 is 2.00 bits per heavy atom. The Hall–Kier alpha value is -1.00. The maximum atomic E-state index is 12.1. The molecule has 0 atom stereocenters. The molecule has 1 rings (SSSR count). The minimum Gasteiger partial charge on any atom is -0.179 e. The van der Waals surface area contributed by atoms with Crippen LogP contribution in [0.1, 0.15) is 26.5 Å². The largest absolute Gasteiger partial charge is 0.504 e. The molecule has 0 fully saturated rings. The Labute approximate surface area is 74.4 Å². The van der Waals surface area contributed by atoms with Crippen LogP contribution in [0.2, 0.25) is 0 Å². The number of hydrogen-bond acceptors (Lipinski definition) is 1. The lowest BCUT2D eigenvalue weighted by molar-refractivity contribution is -0.212. The van der Waals surface area contributed by atoms with Gasteiger partial charge in [-0.15, -0.1) is 13.2 Å². The van der Waals surface area contributed by atoms with Crippen molar-refractivity contribution >= 4 is 0 Å². The fourth-order valence-corrected chi connectivity index (χ4v) is 0.865. The lowest BCUT2D eigenvalue weighted by atomic mass is 9.93. The van der Waals surface area contributed by atoms with Gasteiger partial charge in [-0.2, -0.15) is 9.78 Å². The smallest absolute Gasteiger partial charge is 0.179 e. The van der Waals surface area contributed by atoms with Crippen molar-refractivity contribution in [3.05, 3.63) is 18.0 Å². The first kappa shape index (κ1) is 10.1. The van der Waals surface area contributed by atoms with Crippen molar-refractivity contribution in [2.24, 2.45) is 0 Å². The van der Waals surface area contributed by atoms with E-state index >= 15 is 0 Å². The predicted octanol–water partition coefficient (Wildman–Crippen LogP) is 2.66. The van der Waals surface area contributed by atoms with E-state index < -0.39 is 6.30 Å². The zero-order valence-electron chi connectivity index (χ0n) is 7.68. The third-order valence-corrected chi connectivity index (χ3v) is 1.62. The maximum absolute atomic E-state index is 12.1. The monoisotopic (exact) mass is 192 g/mol. The van der Waals surface area contributed by atoms with Crippen molar-refractivity contribution < 1.29 is 13.2 Å². The van der Waals surface area contributed by atoms with Crippen LogP contribution in [0.25, 0.3) is 0 Å². The number of alkyl halides is 3. The molecule has 5 heteroatoms. The average Bonchev–Trinajstić information content (AvgIpc) is 2.28. The van der Waals surface area contributed by atoms with Gasteiger partial charge in [-0.3, -0.25) is 0 Å². The van der Waals surface area contributed by atoms with Crippen LogP contribution in [0.3, 0.4) is 0 Å². The highest BCUT2D eigenvalue weighted by molar-refractivity contribution is 5.10. The number of halogens is 3. The predicted molar refractivity (Wildman–Crippen MR) is 42.2 cm³/mol. The molecule has 0 aromatic carbocycles. The molecule has 0 N–H and O–H groups in total.